The summed E-state index contributed by atoms with van der Waals surface area (Å²) in [6.07, 6.45) is 3.21. The third kappa shape index (κ3) is 6.32. The number of rotatable bonds is 4. The predicted molar refractivity (Wildman–Crippen MR) is 119 cm³/mol. The van der Waals surface area contributed by atoms with Gasteiger partial charge >= 0.3 is 0 Å². The zero-order valence-corrected chi connectivity index (χ0v) is 19.9. The highest BCUT2D eigenvalue weighted by molar-refractivity contribution is 5.22. The molecule has 3 aliphatic rings. The molecule has 0 spiro atoms. The number of hydrogen-bond acceptors (Lipinski definition) is 3. The van der Waals surface area contributed by atoms with Gasteiger partial charge in [-0.05, 0) is 98.2 Å². The summed E-state index contributed by atoms with van der Waals surface area (Å²) in [4.78, 5) is 7.53. The lowest BCUT2D eigenvalue weighted by molar-refractivity contribution is 0.0283. The highest BCUT2D eigenvalue weighted by Crippen LogP contribution is 2.37. The van der Waals surface area contributed by atoms with Crippen LogP contribution in [0.4, 0.5) is 8.78 Å². The molecule has 29 heavy (non-hydrogen) atoms. The molecule has 0 amide bonds. The molecule has 0 N–H and O–H groups in total. The first-order valence-corrected chi connectivity index (χ1v) is 11.9. The zero-order valence-electron chi connectivity index (χ0n) is 19.9. The number of nitrogens with zero attached hydrogens (tertiary/aromatic N) is 3. The Morgan fingerprint density at radius 1 is 0.759 bits per heavy atom. The minimum absolute atomic E-state index is 0.347. The first-order valence-electron chi connectivity index (χ1n) is 11.9. The van der Waals surface area contributed by atoms with Crippen LogP contribution in [0.5, 0.6) is 0 Å². The van der Waals surface area contributed by atoms with Crippen LogP contribution in [-0.2, 0) is 0 Å². The van der Waals surface area contributed by atoms with E-state index >= 15 is 0 Å². The van der Waals surface area contributed by atoms with Crippen molar-refractivity contribution in [2.45, 2.75) is 105 Å². The van der Waals surface area contributed by atoms with Gasteiger partial charge in [-0.15, -0.1) is 0 Å². The van der Waals surface area contributed by atoms with Crippen molar-refractivity contribution in [1.82, 2.24) is 14.7 Å². The molecule has 3 aliphatic heterocycles. The molecule has 0 saturated carbocycles. The molecular formula is C24H45F2N3. The molecule has 1 atom stereocenters. The first kappa shape index (κ1) is 24.4. The molecule has 0 radical (unpaired) electrons. The molecular weight excluding hydrogens is 368 g/mol. The Bertz CT molecular complexity index is 494. The van der Waals surface area contributed by atoms with E-state index in [0.717, 1.165) is 19.0 Å². The monoisotopic (exact) mass is 413 g/mol. The van der Waals surface area contributed by atoms with Gasteiger partial charge in [0, 0.05) is 37.1 Å². The molecule has 1 fully saturated rings. The molecule has 3 nitrogen and oxygen atoms in total. The van der Waals surface area contributed by atoms with E-state index < -0.39 is 6.43 Å². The average Bonchev–Trinajstić information content (AvgIpc) is 2.68. The molecule has 3 heterocycles. The van der Waals surface area contributed by atoms with Crippen molar-refractivity contribution in [1.29, 1.82) is 0 Å². The summed E-state index contributed by atoms with van der Waals surface area (Å²) in [5.74, 6) is 2.03. The summed E-state index contributed by atoms with van der Waals surface area (Å²) in [6.45, 7) is 20.1. The topological polar surface area (TPSA) is 9.72 Å². The minimum atomic E-state index is -2.11. The Morgan fingerprint density at radius 3 is 1.79 bits per heavy atom. The van der Waals surface area contributed by atoms with Crippen molar-refractivity contribution in [2.75, 3.05) is 26.2 Å². The summed E-state index contributed by atoms with van der Waals surface area (Å²) in [6, 6.07) is 1.77. The van der Waals surface area contributed by atoms with Gasteiger partial charge in [-0.3, -0.25) is 0 Å². The molecule has 0 aromatic carbocycles. The molecule has 0 aliphatic carbocycles. The molecule has 1 unspecified atom stereocenters. The van der Waals surface area contributed by atoms with Crippen molar-refractivity contribution in [2.24, 2.45) is 11.8 Å². The first-order chi connectivity index (χ1) is 13.6. The number of allylic oxidation sites excluding steroid dienone is 1. The second-order valence-electron chi connectivity index (χ2n) is 10.0. The van der Waals surface area contributed by atoms with Crippen molar-refractivity contribution in [3.8, 4) is 0 Å². The van der Waals surface area contributed by atoms with Crippen LogP contribution in [0.3, 0.4) is 0 Å². The highest BCUT2D eigenvalue weighted by Gasteiger charge is 2.33. The van der Waals surface area contributed by atoms with Crippen LogP contribution in [-0.4, -0.2) is 65.4 Å². The van der Waals surface area contributed by atoms with E-state index in [1.165, 1.54) is 32.4 Å². The number of piperidine rings is 1. The second kappa shape index (κ2) is 11.0. The Labute approximate surface area is 178 Å². The molecule has 170 valence electrons. The Morgan fingerprint density at radius 2 is 1.31 bits per heavy atom. The number of hydrogen-bond donors (Lipinski definition) is 0. The van der Waals surface area contributed by atoms with Gasteiger partial charge in [0.05, 0.1) is 0 Å². The maximum absolute atomic E-state index is 12.2. The average molecular weight is 414 g/mol. The molecule has 0 aromatic heterocycles. The van der Waals surface area contributed by atoms with Gasteiger partial charge in [-0.1, -0.05) is 6.92 Å². The zero-order chi connectivity index (χ0) is 21.7. The van der Waals surface area contributed by atoms with Crippen LogP contribution in [0.2, 0.25) is 0 Å². The predicted octanol–water partition coefficient (Wildman–Crippen LogP) is 5.82. The molecule has 0 aromatic rings. The van der Waals surface area contributed by atoms with Gasteiger partial charge < -0.3 is 14.7 Å². The minimum Gasteiger partial charge on any atom is -0.356 e. The van der Waals surface area contributed by atoms with Crippen LogP contribution >= 0.6 is 0 Å². The lowest BCUT2D eigenvalue weighted by Gasteiger charge is -2.48. The van der Waals surface area contributed by atoms with E-state index in [9.17, 15) is 8.78 Å². The van der Waals surface area contributed by atoms with E-state index in [1.54, 1.807) is 11.4 Å². The fourth-order valence-corrected chi connectivity index (χ4v) is 4.96. The largest absolute Gasteiger partial charge is 0.356 e. The number of alkyl halides is 2. The van der Waals surface area contributed by atoms with Gasteiger partial charge in [0.25, 0.3) is 0 Å². The van der Waals surface area contributed by atoms with Crippen LogP contribution in [0, 0.1) is 11.8 Å². The molecule has 0 bridgehead atoms. The van der Waals surface area contributed by atoms with E-state index in [1.807, 2.05) is 0 Å². The van der Waals surface area contributed by atoms with Gasteiger partial charge in [-0.2, -0.15) is 0 Å². The van der Waals surface area contributed by atoms with E-state index in [-0.39, 0.29) is 5.92 Å². The standard InChI is InChI=1S/C15H28N2.C9H17F2N/c1-11(2)16-9-6-7-14-13(5)8-10-17(12(3)4)15(14)16;1-7(2)12-5-3-8(4-6-12)9(10)11/h11-13H,6-10H2,1-5H3;7-9H,3-6H2,1-2H3. The van der Waals surface area contributed by atoms with Crippen LogP contribution in [0.15, 0.2) is 11.4 Å². The third-order valence-electron chi connectivity index (χ3n) is 6.98. The van der Waals surface area contributed by atoms with Crippen molar-refractivity contribution in [3.05, 3.63) is 11.4 Å². The van der Waals surface area contributed by atoms with Crippen LogP contribution in [0.1, 0.15) is 80.6 Å². The van der Waals surface area contributed by atoms with Crippen LogP contribution < -0.4 is 0 Å². The number of likely N-dealkylation sites (tertiary alicyclic amines) is 1. The maximum Gasteiger partial charge on any atom is 0.241 e. The Kier molecular flexibility index (Phi) is 9.24. The fourth-order valence-electron chi connectivity index (χ4n) is 4.96. The van der Waals surface area contributed by atoms with Gasteiger partial charge in [-0.25, -0.2) is 8.78 Å². The van der Waals surface area contributed by atoms with E-state index in [4.69, 9.17) is 0 Å². The molecule has 1 saturated heterocycles. The van der Waals surface area contributed by atoms with Crippen molar-refractivity contribution in [3.63, 3.8) is 0 Å². The smallest absolute Gasteiger partial charge is 0.241 e. The van der Waals surface area contributed by atoms with Crippen LogP contribution in [0.25, 0.3) is 0 Å². The molecule has 5 heteroatoms. The summed E-state index contributed by atoms with van der Waals surface area (Å²) in [5, 5.41) is 0. The summed E-state index contributed by atoms with van der Waals surface area (Å²) < 4.78 is 24.5. The lowest BCUT2D eigenvalue weighted by Crippen LogP contribution is -2.48. The van der Waals surface area contributed by atoms with Crippen molar-refractivity contribution < 1.29 is 8.78 Å². The van der Waals surface area contributed by atoms with Gasteiger partial charge in [0.15, 0.2) is 0 Å². The Hall–Kier alpha value is -0.840. The fraction of sp³-hybridized carbons (Fsp3) is 0.917. The normalized spacial score (nSPS) is 24.5. The third-order valence-corrected chi connectivity index (χ3v) is 6.98. The van der Waals surface area contributed by atoms with E-state index in [0.29, 0.717) is 31.0 Å². The summed E-state index contributed by atoms with van der Waals surface area (Å²) in [5.41, 5.74) is 1.73. The summed E-state index contributed by atoms with van der Waals surface area (Å²) >= 11 is 0. The second-order valence-corrected chi connectivity index (χ2v) is 10.0. The summed E-state index contributed by atoms with van der Waals surface area (Å²) in [7, 11) is 0. The number of halogens is 2. The lowest BCUT2D eigenvalue weighted by atomic mass is 9.87. The SMILES string of the molecule is CC(C)N1CCC(C(F)F)CC1.CC1CCN(C(C)C)C2=C1CCCN2C(C)C. The van der Waals surface area contributed by atoms with Gasteiger partial charge in [0.1, 0.15) is 5.82 Å². The molecule has 3 rings (SSSR count). The quantitative estimate of drug-likeness (QED) is 0.574. The highest BCUT2D eigenvalue weighted by atomic mass is 19.3. The van der Waals surface area contributed by atoms with Crippen molar-refractivity contribution >= 4 is 0 Å². The van der Waals surface area contributed by atoms with Gasteiger partial charge in [0.2, 0.25) is 6.43 Å². The Balaban J connectivity index is 0.000000221. The maximum atomic E-state index is 12.2. The van der Waals surface area contributed by atoms with E-state index in [2.05, 4.69) is 63.2 Å².